The van der Waals surface area contributed by atoms with Crippen molar-refractivity contribution in [1.29, 1.82) is 0 Å². The highest BCUT2D eigenvalue weighted by molar-refractivity contribution is 5.79. The maximum Gasteiger partial charge on any atom is 0.191 e. The van der Waals surface area contributed by atoms with Crippen LogP contribution in [0.4, 0.5) is 0 Å². The third-order valence-corrected chi connectivity index (χ3v) is 2.77. The van der Waals surface area contributed by atoms with Crippen LogP contribution in [0.1, 0.15) is 26.2 Å². The zero-order valence-corrected chi connectivity index (χ0v) is 11.7. The SMILES string of the molecule is CCOCCCNC(=NC)NCCOCC1CC1. The van der Waals surface area contributed by atoms with Gasteiger partial charge >= 0.3 is 0 Å². The molecule has 0 heterocycles. The van der Waals surface area contributed by atoms with Crippen molar-refractivity contribution >= 4 is 5.96 Å². The van der Waals surface area contributed by atoms with E-state index in [0.717, 1.165) is 57.8 Å². The normalized spacial score (nSPS) is 15.8. The molecule has 0 saturated heterocycles. The van der Waals surface area contributed by atoms with Gasteiger partial charge in [0, 0.05) is 40.0 Å². The minimum atomic E-state index is 0.746. The van der Waals surface area contributed by atoms with Gasteiger partial charge in [-0.2, -0.15) is 0 Å². The van der Waals surface area contributed by atoms with E-state index < -0.39 is 0 Å². The van der Waals surface area contributed by atoms with Crippen molar-refractivity contribution < 1.29 is 9.47 Å². The van der Waals surface area contributed by atoms with E-state index in [0.29, 0.717) is 0 Å². The molecule has 106 valence electrons. The number of aliphatic imine (C=N–C) groups is 1. The summed E-state index contributed by atoms with van der Waals surface area (Å²) in [5, 5.41) is 6.47. The molecule has 0 unspecified atom stereocenters. The lowest BCUT2D eigenvalue weighted by Gasteiger charge is -2.11. The average molecular weight is 257 g/mol. The molecule has 0 amide bonds. The van der Waals surface area contributed by atoms with Crippen LogP contribution in [0.25, 0.3) is 0 Å². The molecular weight excluding hydrogens is 230 g/mol. The van der Waals surface area contributed by atoms with E-state index in [1.54, 1.807) is 7.05 Å². The van der Waals surface area contributed by atoms with Crippen LogP contribution in [-0.4, -0.2) is 52.5 Å². The fourth-order valence-corrected chi connectivity index (χ4v) is 1.52. The van der Waals surface area contributed by atoms with Gasteiger partial charge in [-0.3, -0.25) is 4.99 Å². The summed E-state index contributed by atoms with van der Waals surface area (Å²) < 4.78 is 10.8. The fourth-order valence-electron chi connectivity index (χ4n) is 1.52. The molecular formula is C13H27N3O2. The Morgan fingerprint density at radius 3 is 2.61 bits per heavy atom. The fraction of sp³-hybridized carbons (Fsp3) is 0.923. The summed E-state index contributed by atoms with van der Waals surface area (Å²) in [7, 11) is 1.78. The topological polar surface area (TPSA) is 54.9 Å². The monoisotopic (exact) mass is 257 g/mol. The van der Waals surface area contributed by atoms with Gasteiger partial charge in [0.05, 0.1) is 6.61 Å². The van der Waals surface area contributed by atoms with Crippen LogP contribution in [0.2, 0.25) is 0 Å². The van der Waals surface area contributed by atoms with E-state index in [4.69, 9.17) is 9.47 Å². The zero-order chi connectivity index (χ0) is 13.1. The predicted octanol–water partition coefficient (Wildman–Crippen LogP) is 1.00. The number of ether oxygens (including phenoxy) is 2. The minimum absolute atomic E-state index is 0.746. The maximum absolute atomic E-state index is 5.54. The molecule has 18 heavy (non-hydrogen) atoms. The van der Waals surface area contributed by atoms with E-state index in [9.17, 15) is 0 Å². The van der Waals surface area contributed by atoms with Crippen molar-refractivity contribution in [3.63, 3.8) is 0 Å². The number of guanidine groups is 1. The molecule has 1 aliphatic carbocycles. The van der Waals surface area contributed by atoms with Crippen LogP contribution in [0.5, 0.6) is 0 Å². The highest BCUT2D eigenvalue weighted by Gasteiger charge is 2.20. The van der Waals surface area contributed by atoms with Gasteiger partial charge in [-0.05, 0) is 32.1 Å². The molecule has 5 heteroatoms. The van der Waals surface area contributed by atoms with Gasteiger partial charge in [0.1, 0.15) is 0 Å². The summed E-state index contributed by atoms with van der Waals surface area (Å²) in [4.78, 5) is 4.15. The quantitative estimate of drug-likeness (QED) is 0.348. The number of nitrogens with one attached hydrogen (secondary N) is 2. The molecule has 0 aliphatic heterocycles. The molecule has 1 saturated carbocycles. The van der Waals surface area contributed by atoms with Crippen LogP contribution in [0, 0.1) is 5.92 Å². The lowest BCUT2D eigenvalue weighted by atomic mass is 10.4. The Kier molecular flexibility index (Phi) is 8.59. The third-order valence-electron chi connectivity index (χ3n) is 2.77. The van der Waals surface area contributed by atoms with E-state index in [1.165, 1.54) is 12.8 Å². The molecule has 0 aromatic carbocycles. The standard InChI is InChI=1S/C13H27N3O2/c1-3-17-9-4-7-15-13(14-2)16-8-10-18-11-12-5-6-12/h12H,3-11H2,1-2H3,(H2,14,15,16). The highest BCUT2D eigenvalue weighted by atomic mass is 16.5. The molecule has 1 rings (SSSR count). The van der Waals surface area contributed by atoms with Crippen molar-refractivity contribution in [2.24, 2.45) is 10.9 Å². The molecule has 0 bridgehead atoms. The maximum atomic E-state index is 5.54. The van der Waals surface area contributed by atoms with E-state index >= 15 is 0 Å². The minimum Gasteiger partial charge on any atom is -0.382 e. The Morgan fingerprint density at radius 2 is 1.94 bits per heavy atom. The number of nitrogens with zero attached hydrogens (tertiary/aromatic N) is 1. The third kappa shape index (κ3) is 8.31. The summed E-state index contributed by atoms with van der Waals surface area (Å²) in [6.07, 6.45) is 3.68. The van der Waals surface area contributed by atoms with Gasteiger partial charge in [-0.25, -0.2) is 0 Å². The van der Waals surface area contributed by atoms with Crippen molar-refractivity contribution in [3.8, 4) is 0 Å². The lowest BCUT2D eigenvalue weighted by molar-refractivity contribution is 0.129. The summed E-state index contributed by atoms with van der Waals surface area (Å²) in [5.74, 6) is 1.67. The molecule has 0 spiro atoms. The van der Waals surface area contributed by atoms with E-state index in [1.807, 2.05) is 6.92 Å². The largest absolute Gasteiger partial charge is 0.382 e. The Hall–Kier alpha value is -0.810. The molecule has 0 atom stereocenters. The summed E-state index contributed by atoms with van der Waals surface area (Å²) in [6.45, 7) is 6.94. The van der Waals surface area contributed by atoms with Crippen LogP contribution in [0.3, 0.4) is 0 Å². The van der Waals surface area contributed by atoms with Gasteiger partial charge in [0.25, 0.3) is 0 Å². The van der Waals surface area contributed by atoms with E-state index in [2.05, 4.69) is 15.6 Å². The molecule has 0 aromatic rings. The van der Waals surface area contributed by atoms with Gasteiger partial charge in [-0.1, -0.05) is 0 Å². The Bertz CT molecular complexity index is 230. The molecule has 5 nitrogen and oxygen atoms in total. The second-order valence-electron chi connectivity index (χ2n) is 4.49. The second kappa shape index (κ2) is 10.1. The van der Waals surface area contributed by atoms with Gasteiger partial charge in [-0.15, -0.1) is 0 Å². The van der Waals surface area contributed by atoms with Crippen molar-refractivity contribution in [3.05, 3.63) is 0 Å². The van der Waals surface area contributed by atoms with Crippen LogP contribution in [0.15, 0.2) is 4.99 Å². The number of hydrogen-bond acceptors (Lipinski definition) is 3. The lowest BCUT2D eigenvalue weighted by Crippen LogP contribution is -2.39. The first kappa shape index (κ1) is 15.2. The molecule has 0 aromatic heterocycles. The van der Waals surface area contributed by atoms with E-state index in [-0.39, 0.29) is 0 Å². The predicted molar refractivity (Wildman–Crippen MR) is 74.0 cm³/mol. The summed E-state index contributed by atoms with van der Waals surface area (Å²) in [6, 6.07) is 0. The highest BCUT2D eigenvalue weighted by Crippen LogP contribution is 2.28. The van der Waals surface area contributed by atoms with Crippen LogP contribution >= 0.6 is 0 Å². The smallest absolute Gasteiger partial charge is 0.191 e. The molecule has 2 N–H and O–H groups in total. The first-order chi connectivity index (χ1) is 8.86. The second-order valence-corrected chi connectivity index (χ2v) is 4.49. The molecule has 1 aliphatic rings. The van der Waals surface area contributed by atoms with Gasteiger partial charge in [0.15, 0.2) is 5.96 Å². The van der Waals surface area contributed by atoms with Crippen molar-refractivity contribution in [2.75, 3.05) is 46.6 Å². The number of hydrogen-bond donors (Lipinski definition) is 2. The van der Waals surface area contributed by atoms with Crippen molar-refractivity contribution in [1.82, 2.24) is 10.6 Å². The number of rotatable bonds is 10. The zero-order valence-electron chi connectivity index (χ0n) is 11.7. The van der Waals surface area contributed by atoms with Crippen LogP contribution < -0.4 is 10.6 Å². The van der Waals surface area contributed by atoms with Gasteiger partial charge in [0.2, 0.25) is 0 Å². The first-order valence-corrected chi connectivity index (χ1v) is 6.96. The Morgan fingerprint density at radius 1 is 1.17 bits per heavy atom. The van der Waals surface area contributed by atoms with Gasteiger partial charge < -0.3 is 20.1 Å². The summed E-state index contributed by atoms with van der Waals surface area (Å²) >= 11 is 0. The average Bonchev–Trinajstić information content (AvgIpc) is 3.19. The Balaban J connectivity index is 1.88. The van der Waals surface area contributed by atoms with Crippen molar-refractivity contribution in [2.45, 2.75) is 26.2 Å². The van der Waals surface area contributed by atoms with Crippen LogP contribution in [-0.2, 0) is 9.47 Å². The summed E-state index contributed by atoms with van der Waals surface area (Å²) in [5.41, 5.74) is 0. The Labute approximate surface area is 110 Å². The molecule has 1 fully saturated rings. The first-order valence-electron chi connectivity index (χ1n) is 6.96. The molecule has 0 radical (unpaired) electrons.